The van der Waals surface area contributed by atoms with Crippen LogP contribution < -0.4 is 0 Å². The summed E-state index contributed by atoms with van der Waals surface area (Å²) in [4.78, 5) is 25.6. The van der Waals surface area contributed by atoms with Gasteiger partial charge in [0.05, 0.1) is 5.92 Å². The lowest BCUT2D eigenvalue weighted by Gasteiger charge is -2.18. The molecule has 108 valence electrons. The van der Waals surface area contributed by atoms with E-state index in [0.29, 0.717) is 18.4 Å². The Labute approximate surface area is 122 Å². The minimum absolute atomic E-state index is 0.0502. The number of hydrogen-bond donors (Lipinski definition) is 2. The van der Waals surface area contributed by atoms with Gasteiger partial charge in [0.1, 0.15) is 0 Å². The SMILES string of the molecule is CC(=O)c1ccc2c(C3=CCC(C(=O)O)CC3)c[nH]c2c1. The maximum Gasteiger partial charge on any atom is 0.306 e. The molecule has 1 unspecified atom stereocenters. The molecule has 0 radical (unpaired) electrons. The number of aliphatic carboxylic acids is 1. The normalized spacial score (nSPS) is 18.5. The summed E-state index contributed by atoms with van der Waals surface area (Å²) in [5.41, 5.74) is 3.94. The highest BCUT2D eigenvalue weighted by molar-refractivity contribution is 6.00. The van der Waals surface area contributed by atoms with Crippen LogP contribution in [-0.2, 0) is 4.79 Å². The number of carboxylic acid groups (broad SMARTS) is 1. The van der Waals surface area contributed by atoms with E-state index in [2.05, 4.69) is 4.98 Å². The lowest BCUT2D eigenvalue weighted by atomic mass is 9.86. The van der Waals surface area contributed by atoms with Crippen LogP contribution in [0.2, 0.25) is 0 Å². The third kappa shape index (κ3) is 2.49. The van der Waals surface area contributed by atoms with Gasteiger partial charge in [0.15, 0.2) is 5.78 Å². The monoisotopic (exact) mass is 283 g/mol. The molecular weight excluding hydrogens is 266 g/mol. The average molecular weight is 283 g/mol. The van der Waals surface area contributed by atoms with Gasteiger partial charge in [0.2, 0.25) is 0 Å². The van der Waals surface area contributed by atoms with Crippen molar-refractivity contribution in [2.75, 3.05) is 0 Å². The minimum Gasteiger partial charge on any atom is -0.481 e. The quantitative estimate of drug-likeness (QED) is 0.845. The summed E-state index contributed by atoms with van der Waals surface area (Å²) < 4.78 is 0. The number of carbonyl (C=O) groups excluding carboxylic acids is 1. The van der Waals surface area contributed by atoms with E-state index >= 15 is 0 Å². The van der Waals surface area contributed by atoms with Crippen molar-refractivity contribution in [3.05, 3.63) is 41.6 Å². The number of aromatic nitrogens is 1. The number of H-pyrrole nitrogens is 1. The topological polar surface area (TPSA) is 70.2 Å². The summed E-state index contributed by atoms with van der Waals surface area (Å²) in [5.74, 6) is -0.923. The zero-order valence-corrected chi connectivity index (χ0v) is 11.8. The van der Waals surface area contributed by atoms with Crippen molar-refractivity contribution in [1.82, 2.24) is 4.98 Å². The summed E-state index contributed by atoms with van der Waals surface area (Å²) in [6.45, 7) is 1.56. The number of benzene rings is 1. The van der Waals surface area contributed by atoms with Gasteiger partial charge in [-0.1, -0.05) is 18.2 Å². The molecule has 0 saturated carbocycles. The van der Waals surface area contributed by atoms with Crippen molar-refractivity contribution >= 4 is 28.2 Å². The third-order valence-electron chi connectivity index (χ3n) is 4.19. The van der Waals surface area contributed by atoms with Crippen LogP contribution in [0.15, 0.2) is 30.5 Å². The molecule has 2 N–H and O–H groups in total. The first-order valence-corrected chi connectivity index (χ1v) is 7.10. The van der Waals surface area contributed by atoms with Crippen LogP contribution in [0.4, 0.5) is 0 Å². The van der Waals surface area contributed by atoms with Gasteiger partial charge in [0, 0.05) is 28.2 Å². The largest absolute Gasteiger partial charge is 0.481 e. The maximum atomic E-state index is 11.4. The van der Waals surface area contributed by atoms with Crippen molar-refractivity contribution < 1.29 is 14.7 Å². The highest BCUT2D eigenvalue weighted by Crippen LogP contribution is 2.34. The number of fused-ring (bicyclic) bond motifs is 1. The van der Waals surface area contributed by atoms with Gasteiger partial charge in [-0.2, -0.15) is 0 Å². The van der Waals surface area contributed by atoms with Gasteiger partial charge >= 0.3 is 5.97 Å². The fourth-order valence-corrected chi connectivity index (χ4v) is 2.91. The van der Waals surface area contributed by atoms with Crippen LogP contribution in [0.3, 0.4) is 0 Å². The van der Waals surface area contributed by atoms with Gasteiger partial charge in [-0.05, 0) is 37.8 Å². The van der Waals surface area contributed by atoms with E-state index in [4.69, 9.17) is 5.11 Å². The highest BCUT2D eigenvalue weighted by Gasteiger charge is 2.22. The number of nitrogens with one attached hydrogen (secondary N) is 1. The lowest BCUT2D eigenvalue weighted by molar-refractivity contribution is -0.141. The molecule has 1 atom stereocenters. The number of hydrogen-bond acceptors (Lipinski definition) is 2. The van der Waals surface area contributed by atoms with Crippen molar-refractivity contribution in [2.24, 2.45) is 5.92 Å². The molecule has 1 aromatic carbocycles. The molecule has 1 heterocycles. The number of ketones is 1. The predicted octanol–water partition coefficient (Wildman–Crippen LogP) is 3.64. The van der Waals surface area contributed by atoms with Crippen LogP contribution in [-0.4, -0.2) is 21.8 Å². The van der Waals surface area contributed by atoms with E-state index in [9.17, 15) is 9.59 Å². The molecule has 0 spiro atoms. The number of carbonyl (C=O) groups is 2. The van der Waals surface area contributed by atoms with Crippen molar-refractivity contribution in [1.29, 1.82) is 0 Å². The second kappa shape index (κ2) is 5.20. The Bertz CT molecular complexity index is 754. The van der Waals surface area contributed by atoms with Gasteiger partial charge < -0.3 is 10.1 Å². The van der Waals surface area contributed by atoms with Gasteiger partial charge in [-0.15, -0.1) is 0 Å². The average Bonchev–Trinajstić information content (AvgIpc) is 2.90. The lowest BCUT2D eigenvalue weighted by Crippen LogP contribution is -2.15. The molecule has 0 amide bonds. The van der Waals surface area contributed by atoms with Gasteiger partial charge in [0.25, 0.3) is 0 Å². The Kier molecular flexibility index (Phi) is 3.37. The van der Waals surface area contributed by atoms with Crippen molar-refractivity contribution in [3.63, 3.8) is 0 Å². The van der Waals surface area contributed by atoms with E-state index in [0.717, 1.165) is 22.9 Å². The molecule has 3 rings (SSSR count). The Morgan fingerprint density at radius 1 is 1.33 bits per heavy atom. The molecule has 2 aromatic rings. The smallest absolute Gasteiger partial charge is 0.306 e. The Hall–Kier alpha value is -2.36. The third-order valence-corrected chi connectivity index (χ3v) is 4.19. The molecular formula is C17H17NO3. The summed E-state index contributed by atoms with van der Waals surface area (Å²) in [7, 11) is 0. The number of carboxylic acids is 1. The molecule has 0 saturated heterocycles. The van der Waals surface area contributed by atoms with E-state index in [1.54, 1.807) is 6.92 Å². The summed E-state index contributed by atoms with van der Waals surface area (Å²) >= 11 is 0. The standard InChI is InChI=1S/C17H17NO3/c1-10(19)13-6-7-14-15(9-18-16(14)8-13)11-2-4-12(5-3-11)17(20)21/h2,6-9,12,18H,3-5H2,1H3,(H,20,21). The van der Waals surface area contributed by atoms with Crippen LogP contribution in [0, 0.1) is 5.92 Å². The maximum absolute atomic E-state index is 11.4. The van der Waals surface area contributed by atoms with Gasteiger partial charge in [-0.25, -0.2) is 0 Å². The van der Waals surface area contributed by atoms with E-state index in [-0.39, 0.29) is 11.7 Å². The van der Waals surface area contributed by atoms with Crippen molar-refractivity contribution in [2.45, 2.75) is 26.2 Å². The van der Waals surface area contributed by atoms with Crippen LogP contribution >= 0.6 is 0 Å². The Balaban J connectivity index is 1.95. The summed E-state index contributed by atoms with van der Waals surface area (Å²) in [6, 6.07) is 5.66. The molecule has 0 aliphatic heterocycles. The predicted molar refractivity (Wildman–Crippen MR) is 81.3 cm³/mol. The van der Waals surface area contributed by atoms with E-state index < -0.39 is 5.97 Å². The molecule has 0 bridgehead atoms. The van der Waals surface area contributed by atoms with E-state index in [1.807, 2.05) is 30.5 Å². The van der Waals surface area contributed by atoms with Gasteiger partial charge in [-0.3, -0.25) is 9.59 Å². The second-order valence-electron chi connectivity index (χ2n) is 5.56. The molecule has 1 aliphatic rings. The molecule has 21 heavy (non-hydrogen) atoms. The molecule has 1 aliphatic carbocycles. The van der Waals surface area contributed by atoms with Crippen molar-refractivity contribution in [3.8, 4) is 0 Å². The summed E-state index contributed by atoms with van der Waals surface area (Å²) in [6.07, 6.45) is 6.02. The highest BCUT2D eigenvalue weighted by atomic mass is 16.4. The first kappa shape index (κ1) is 13.6. The minimum atomic E-state index is -0.713. The van der Waals surface area contributed by atoms with Crippen LogP contribution in [0.25, 0.3) is 16.5 Å². The molecule has 0 fully saturated rings. The zero-order chi connectivity index (χ0) is 15.0. The second-order valence-corrected chi connectivity index (χ2v) is 5.56. The fraction of sp³-hybridized carbons (Fsp3) is 0.294. The molecule has 4 nitrogen and oxygen atoms in total. The first-order chi connectivity index (χ1) is 10.1. The number of aromatic amines is 1. The Morgan fingerprint density at radius 2 is 2.14 bits per heavy atom. The first-order valence-electron chi connectivity index (χ1n) is 7.10. The zero-order valence-electron chi connectivity index (χ0n) is 11.8. The Morgan fingerprint density at radius 3 is 2.76 bits per heavy atom. The molecule has 1 aromatic heterocycles. The number of allylic oxidation sites excluding steroid dienone is 2. The summed E-state index contributed by atoms with van der Waals surface area (Å²) in [5, 5.41) is 10.1. The fourth-order valence-electron chi connectivity index (χ4n) is 2.91. The van der Waals surface area contributed by atoms with E-state index in [1.165, 1.54) is 5.57 Å². The number of Topliss-reactive ketones (excluding diaryl/α,β-unsaturated/α-hetero) is 1. The molecule has 4 heteroatoms. The number of rotatable bonds is 3. The van der Waals surface area contributed by atoms with Crippen LogP contribution in [0.5, 0.6) is 0 Å². The van der Waals surface area contributed by atoms with Crippen LogP contribution in [0.1, 0.15) is 42.1 Å².